The fraction of sp³-hybridized carbons (Fsp3) is 0.200. The molecule has 0 radical (unpaired) electrons. The molecule has 7 nitrogen and oxygen atoms in total. The van der Waals surface area contributed by atoms with Crippen molar-refractivity contribution in [1.82, 2.24) is 0 Å². The lowest BCUT2D eigenvalue weighted by atomic mass is 10.1. The number of amides is 1. The number of hydrogen-bond acceptors (Lipinski definition) is 6. The number of nitrogens with one attached hydrogen (secondary N) is 1. The van der Waals surface area contributed by atoms with Gasteiger partial charge in [0.1, 0.15) is 11.5 Å². The molecular formula is C25H24BrNO6. The average molecular weight is 514 g/mol. The molecule has 0 bridgehead atoms. The molecule has 1 amide bonds. The third-order valence-electron chi connectivity index (χ3n) is 4.63. The topological polar surface area (TPSA) is 83.1 Å². The van der Waals surface area contributed by atoms with Crippen LogP contribution in [-0.2, 0) is 20.7 Å². The summed E-state index contributed by atoms with van der Waals surface area (Å²) in [5, 5.41) is 2.69. The van der Waals surface area contributed by atoms with Crippen molar-refractivity contribution in [2.75, 3.05) is 26.1 Å². The number of anilines is 1. The first-order valence-electron chi connectivity index (χ1n) is 10.2. The van der Waals surface area contributed by atoms with E-state index in [4.69, 9.17) is 18.9 Å². The van der Waals surface area contributed by atoms with Gasteiger partial charge in [0, 0.05) is 16.6 Å². The number of ether oxygens (including phenoxy) is 4. The van der Waals surface area contributed by atoms with Crippen LogP contribution in [0, 0.1) is 0 Å². The zero-order valence-corrected chi connectivity index (χ0v) is 19.9. The van der Waals surface area contributed by atoms with E-state index in [2.05, 4.69) is 21.2 Å². The van der Waals surface area contributed by atoms with Gasteiger partial charge in [-0.05, 0) is 66.6 Å². The molecule has 0 spiro atoms. The van der Waals surface area contributed by atoms with E-state index in [-0.39, 0.29) is 13.0 Å². The number of carbonyl (C=O) groups is 2. The lowest BCUT2D eigenvalue weighted by Crippen LogP contribution is -2.21. The molecular weight excluding hydrogens is 490 g/mol. The van der Waals surface area contributed by atoms with Crippen molar-refractivity contribution in [3.05, 3.63) is 76.8 Å². The Hall–Kier alpha value is -3.52. The summed E-state index contributed by atoms with van der Waals surface area (Å²) in [5.74, 6) is 1.61. The summed E-state index contributed by atoms with van der Waals surface area (Å²) in [4.78, 5) is 24.2. The summed E-state index contributed by atoms with van der Waals surface area (Å²) < 4.78 is 22.4. The fourth-order valence-electron chi connectivity index (χ4n) is 3.05. The van der Waals surface area contributed by atoms with E-state index < -0.39 is 11.9 Å². The van der Waals surface area contributed by atoms with Crippen molar-refractivity contribution in [2.45, 2.75) is 12.8 Å². The summed E-state index contributed by atoms with van der Waals surface area (Å²) in [7, 11) is 3.10. The summed E-state index contributed by atoms with van der Waals surface area (Å²) in [6, 6.07) is 19.8. The number of hydrogen-bond donors (Lipinski definition) is 1. The van der Waals surface area contributed by atoms with Crippen LogP contribution in [-0.4, -0.2) is 32.7 Å². The second-order valence-corrected chi connectivity index (χ2v) is 7.86. The standard InChI is InChI=1S/C25H24BrNO6/c1-30-22-5-3-4-17(25(22)31-2)6-15-24(29)32-16-23(28)27-19-9-13-21(14-10-19)33-20-11-7-18(26)8-12-20/h3-5,7-14H,6,15-16H2,1-2H3,(H,27,28). The van der Waals surface area contributed by atoms with Gasteiger partial charge in [-0.2, -0.15) is 0 Å². The Morgan fingerprint density at radius 2 is 1.55 bits per heavy atom. The van der Waals surface area contributed by atoms with Crippen molar-refractivity contribution in [3.63, 3.8) is 0 Å². The zero-order valence-electron chi connectivity index (χ0n) is 18.3. The number of para-hydroxylation sites is 1. The molecule has 0 heterocycles. The minimum Gasteiger partial charge on any atom is -0.493 e. The summed E-state index contributed by atoms with van der Waals surface area (Å²) in [6.45, 7) is -0.370. The van der Waals surface area contributed by atoms with Crippen LogP contribution < -0.4 is 19.5 Å². The van der Waals surface area contributed by atoms with Gasteiger partial charge < -0.3 is 24.3 Å². The van der Waals surface area contributed by atoms with E-state index in [9.17, 15) is 9.59 Å². The molecule has 0 aliphatic carbocycles. The number of aryl methyl sites for hydroxylation is 1. The number of rotatable bonds is 10. The molecule has 0 saturated carbocycles. The van der Waals surface area contributed by atoms with Crippen molar-refractivity contribution < 1.29 is 28.5 Å². The molecule has 0 atom stereocenters. The van der Waals surface area contributed by atoms with Gasteiger partial charge in [-0.1, -0.05) is 28.1 Å². The van der Waals surface area contributed by atoms with Crippen LogP contribution in [0.3, 0.4) is 0 Å². The van der Waals surface area contributed by atoms with E-state index in [0.717, 1.165) is 10.0 Å². The molecule has 8 heteroatoms. The van der Waals surface area contributed by atoms with Gasteiger partial charge in [0.25, 0.3) is 5.91 Å². The second kappa shape index (κ2) is 11.9. The molecule has 3 aromatic rings. The maximum absolute atomic E-state index is 12.1. The summed E-state index contributed by atoms with van der Waals surface area (Å²) >= 11 is 3.38. The van der Waals surface area contributed by atoms with E-state index in [0.29, 0.717) is 35.1 Å². The smallest absolute Gasteiger partial charge is 0.306 e. The Morgan fingerprint density at radius 1 is 0.879 bits per heavy atom. The third-order valence-corrected chi connectivity index (χ3v) is 5.16. The van der Waals surface area contributed by atoms with Crippen LogP contribution in [0.1, 0.15) is 12.0 Å². The van der Waals surface area contributed by atoms with Gasteiger partial charge in [-0.25, -0.2) is 0 Å². The van der Waals surface area contributed by atoms with Gasteiger partial charge in [0.2, 0.25) is 0 Å². The normalized spacial score (nSPS) is 10.3. The molecule has 0 aliphatic heterocycles. The quantitative estimate of drug-likeness (QED) is 0.366. The van der Waals surface area contributed by atoms with Gasteiger partial charge >= 0.3 is 5.97 Å². The van der Waals surface area contributed by atoms with Crippen molar-refractivity contribution >= 4 is 33.5 Å². The minimum atomic E-state index is -0.478. The van der Waals surface area contributed by atoms with Crippen LogP contribution in [0.2, 0.25) is 0 Å². The van der Waals surface area contributed by atoms with Crippen LogP contribution in [0.4, 0.5) is 5.69 Å². The fourth-order valence-corrected chi connectivity index (χ4v) is 3.31. The Morgan fingerprint density at radius 3 is 2.18 bits per heavy atom. The lowest BCUT2D eigenvalue weighted by molar-refractivity contribution is -0.147. The maximum Gasteiger partial charge on any atom is 0.306 e. The van der Waals surface area contributed by atoms with Gasteiger partial charge in [0.05, 0.1) is 14.2 Å². The van der Waals surface area contributed by atoms with Gasteiger partial charge in [-0.3, -0.25) is 9.59 Å². The molecule has 33 heavy (non-hydrogen) atoms. The Labute approximate surface area is 200 Å². The Kier molecular flexibility index (Phi) is 8.71. The van der Waals surface area contributed by atoms with Crippen LogP contribution in [0.15, 0.2) is 71.2 Å². The first kappa shape index (κ1) is 24.1. The Balaban J connectivity index is 1.43. The van der Waals surface area contributed by atoms with Crippen molar-refractivity contribution in [2.24, 2.45) is 0 Å². The predicted octanol–water partition coefficient (Wildman–Crippen LogP) is 5.37. The molecule has 0 fully saturated rings. The van der Waals surface area contributed by atoms with Crippen molar-refractivity contribution in [3.8, 4) is 23.0 Å². The number of esters is 1. The number of methoxy groups -OCH3 is 2. The molecule has 3 rings (SSSR count). The second-order valence-electron chi connectivity index (χ2n) is 6.94. The highest BCUT2D eigenvalue weighted by molar-refractivity contribution is 9.10. The Bertz CT molecular complexity index is 1080. The molecule has 3 aromatic carbocycles. The highest BCUT2D eigenvalue weighted by Crippen LogP contribution is 2.31. The molecule has 1 N–H and O–H groups in total. The predicted molar refractivity (Wildman–Crippen MR) is 128 cm³/mol. The van der Waals surface area contributed by atoms with Crippen LogP contribution in [0.25, 0.3) is 0 Å². The first-order chi connectivity index (χ1) is 16.0. The monoisotopic (exact) mass is 513 g/mol. The number of halogens is 1. The zero-order chi connectivity index (χ0) is 23.6. The summed E-state index contributed by atoms with van der Waals surface area (Å²) in [6.07, 6.45) is 0.513. The highest BCUT2D eigenvalue weighted by atomic mass is 79.9. The van der Waals surface area contributed by atoms with E-state index in [1.165, 1.54) is 0 Å². The lowest BCUT2D eigenvalue weighted by Gasteiger charge is -2.12. The van der Waals surface area contributed by atoms with Gasteiger partial charge in [-0.15, -0.1) is 0 Å². The number of carbonyl (C=O) groups excluding carboxylic acids is 2. The number of benzene rings is 3. The van der Waals surface area contributed by atoms with Crippen LogP contribution in [0.5, 0.6) is 23.0 Å². The highest BCUT2D eigenvalue weighted by Gasteiger charge is 2.13. The third kappa shape index (κ3) is 7.25. The maximum atomic E-state index is 12.1. The molecule has 0 saturated heterocycles. The molecule has 0 aromatic heterocycles. The van der Waals surface area contributed by atoms with Crippen LogP contribution >= 0.6 is 15.9 Å². The minimum absolute atomic E-state index is 0.110. The molecule has 0 unspecified atom stereocenters. The SMILES string of the molecule is COc1cccc(CCC(=O)OCC(=O)Nc2ccc(Oc3ccc(Br)cc3)cc2)c1OC. The van der Waals surface area contributed by atoms with Crippen molar-refractivity contribution in [1.29, 1.82) is 0 Å². The molecule has 172 valence electrons. The van der Waals surface area contributed by atoms with E-state index in [1.54, 1.807) is 44.6 Å². The van der Waals surface area contributed by atoms with Gasteiger partial charge in [0.15, 0.2) is 18.1 Å². The summed E-state index contributed by atoms with van der Waals surface area (Å²) in [5.41, 5.74) is 1.39. The average Bonchev–Trinajstić information content (AvgIpc) is 2.83. The molecule has 0 aliphatic rings. The van der Waals surface area contributed by atoms with E-state index in [1.807, 2.05) is 36.4 Å². The van der Waals surface area contributed by atoms with E-state index >= 15 is 0 Å². The first-order valence-corrected chi connectivity index (χ1v) is 11.0. The largest absolute Gasteiger partial charge is 0.493 e.